The van der Waals surface area contributed by atoms with Crippen LogP contribution in [0.1, 0.15) is 23.2 Å². The molecule has 0 N–H and O–H groups in total. The number of allylic oxidation sites excluding steroid dienone is 1. The molecule has 2 aliphatic rings. The minimum Gasteiger partial charge on any atom is -0.380 e. The van der Waals surface area contributed by atoms with Gasteiger partial charge in [0.2, 0.25) is 0 Å². The summed E-state index contributed by atoms with van der Waals surface area (Å²) in [5.41, 5.74) is 1.80. The van der Waals surface area contributed by atoms with Crippen LogP contribution in [0.25, 0.3) is 10.8 Å². The summed E-state index contributed by atoms with van der Waals surface area (Å²) in [5.74, 6) is 1.01. The van der Waals surface area contributed by atoms with Crippen molar-refractivity contribution in [3.63, 3.8) is 0 Å². The molecule has 4 rings (SSSR count). The van der Waals surface area contributed by atoms with E-state index in [1.54, 1.807) is 0 Å². The van der Waals surface area contributed by atoms with E-state index < -0.39 is 0 Å². The summed E-state index contributed by atoms with van der Waals surface area (Å²) in [7, 11) is 0. The molecule has 1 aliphatic heterocycles. The van der Waals surface area contributed by atoms with E-state index in [1.165, 1.54) is 0 Å². The fraction of sp³-hybridized carbons (Fsp3) is 0.316. The highest BCUT2D eigenvalue weighted by Gasteiger charge is 2.36. The summed E-state index contributed by atoms with van der Waals surface area (Å²) in [6, 6.07) is 14.1. The Morgan fingerprint density at radius 1 is 1.05 bits per heavy atom. The quantitative estimate of drug-likeness (QED) is 0.776. The number of ether oxygens (including phenoxy) is 1. The minimum atomic E-state index is 0.187. The van der Waals surface area contributed by atoms with E-state index in [2.05, 4.69) is 18.2 Å². The lowest BCUT2D eigenvalue weighted by Gasteiger charge is -2.24. The summed E-state index contributed by atoms with van der Waals surface area (Å²) in [5, 5.41) is 2.17. The van der Waals surface area contributed by atoms with E-state index in [0.717, 1.165) is 41.4 Å². The van der Waals surface area contributed by atoms with E-state index in [0.29, 0.717) is 18.4 Å². The van der Waals surface area contributed by atoms with Gasteiger partial charge in [-0.05, 0) is 29.5 Å². The number of ketones is 1. The Balaban J connectivity index is 1.78. The zero-order valence-electron chi connectivity index (χ0n) is 11.9. The number of hydrogen-bond acceptors (Lipinski definition) is 2. The number of rotatable bonds is 2. The molecule has 0 saturated carbocycles. The van der Waals surface area contributed by atoms with Crippen molar-refractivity contribution in [2.45, 2.75) is 12.8 Å². The van der Waals surface area contributed by atoms with E-state index in [4.69, 9.17) is 4.74 Å². The van der Waals surface area contributed by atoms with Crippen LogP contribution in [0.2, 0.25) is 0 Å². The summed E-state index contributed by atoms with van der Waals surface area (Å²) in [6.45, 7) is 1.51. The monoisotopic (exact) mass is 278 g/mol. The molecule has 1 aliphatic carbocycles. The summed E-state index contributed by atoms with van der Waals surface area (Å²) < 4.78 is 5.60. The number of fused-ring (bicyclic) bond motifs is 2. The Morgan fingerprint density at radius 3 is 2.86 bits per heavy atom. The topological polar surface area (TPSA) is 26.3 Å². The fourth-order valence-electron chi connectivity index (χ4n) is 3.67. The van der Waals surface area contributed by atoms with Crippen molar-refractivity contribution >= 4 is 16.6 Å². The van der Waals surface area contributed by atoms with Crippen LogP contribution in [0, 0.1) is 11.8 Å². The van der Waals surface area contributed by atoms with Crippen LogP contribution in [0.15, 0.2) is 54.1 Å². The molecule has 2 atom stereocenters. The van der Waals surface area contributed by atoms with Gasteiger partial charge in [-0.1, -0.05) is 48.5 Å². The van der Waals surface area contributed by atoms with Crippen molar-refractivity contribution in [3.05, 3.63) is 59.7 Å². The van der Waals surface area contributed by atoms with Crippen molar-refractivity contribution in [3.8, 4) is 0 Å². The van der Waals surface area contributed by atoms with Gasteiger partial charge in [0.25, 0.3) is 0 Å². The molecule has 2 aromatic rings. The Labute approximate surface area is 124 Å². The van der Waals surface area contributed by atoms with Crippen molar-refractivity contribution in [2.75, 3.05) is 13.2 Å². The van der Waals surface area contributed by atoms with E-state index in [9.17, 15) is 4.79 Å². The molecule has 0 radical (unpaired) electrons. The molecule has 2 heteroatoms. The molecule has 0 bridgehead atoms. The van der Waals surface area contributed by atoms with E-state index in [1.807, 2.05) is 30.3 Å². The first-order valence-corrected chi connectivity index (χ1v) is 7.65. The standard InChI is InChI=1S/C19H18O2/c20-19(17-10-4-7-14-11-21-12-18(14)17)16-9-3-6-13-5-1-2-8-15(13)16/h1-3,5-6,8-10,14,18H,4,7,11-12H2/t14-,18+/m1/s1. The smallest absolute Gasteiger partial charge is 0.189 e. The molecule has 2 aromatic carbocycles. The molecule has 21 heavy (non-hydrogen) atoms. The van der Waals surface area contributed by atoms with Crippen LogP contribution in [-0.2, 0) is 4.74 Å². The fourth-order valence-corrected chi connectivity index (χ4v) is 3.67. The average molecular weight is 278 g/mol. The van der Waals surface area contributed by atoms with Gasteiger partial charge >= 0.3 is 0 Å². The maximum absolute atomic E-state index is 13.0. The van der Waals surface area contributed by atoms with Gasteiger partial charge in [-0.15, -0.1) is 0 Å². The number of benzene rings is 2. The highest BCUT2D eigenvalue weighted by atomic mass is 16.5. The maximum Gasteiger partial charge on any atom is 0.189 e. The zero-order chi connectivity index (χ0) is 14.2. The van der Waals surface area contributed by atoms with Gasteiger partial charge in [0.05, 0.1) is 13.2 Å². The predicted molar refractivity (Wildman–Crippen MR) is 83.4 cm³/mol. The Hall–Kier alpha value is -1.93. The third kappa shape index (κ3) is 2.11. The number of Topliss-reactive ketones (excluding diaryl/α,β-unsaturated/α-hetero) is 1. The van der Waals surface area contributed by atoms with Gasteiger partial charge in [0, 0.05) is 17.1 Å². The second-order valence-electron chi connectivity index (χ2n) is 6.00. The number of hydrogen-bond donors (Lipinski definition) is 0. The van der Waals surface area contributed by atoms with Gasteiger partial charge in [-0.25, -0.2) is 0 Å². The number of carbonyl (C=O) groups excluding carboxylic acids is 1. The first kappa shape index (κ1) is 12.8. The molecular weight excluding hydrogens is 260 g/mol. The first-order valence-electron chi connectivity index (χ1n) is 7.65. The molecule has 1 fully saturated rings. The molecule has 106 valence electrons. The molecule has 0 spiro atoms. The van der Waals surface area contributed by atoms with Crippen LogP contribution >= 0.6 is 0 Å². The second kappa shape index (κ2) is 5.12. The second-order valence-corrected chi connectivity index (χ2v) is 6.00. The molecule has 0 aromatic heterocycles. The molecule has 0 unspecified atom stereocenters. The van der Waals surface area contributed by atoms with Crippen LogP contribution in [0.5, 0.6) is 0 Å². The number of carbonyl (C=O) groups is 1. The maximum atomic E-state index is 13.0. The average Bonchev–Trinajstić information content (AvgIpc) is 3.02. The normalized spacial score (nSPS) is 24.7. The van der Waals surface area contributed by atoms with Gasteiger partial charge in [0.15, 0.2) is 5.78 Å². The van der Waals surface area contributed by atoms with Gasteiger partial charge in [-0.3, -0.25) is 4.79 Å². The van der Waals surface area contributed by atoms with Crippen LogP contribution in [-0.4, -0.2) is 19.0 Å². The lowest BCUT2D eigenvalue weighted by molar-refractivity contribution is 0.101. The minimum absolute atomic E-state index is 0.187. The summed E-state index contributed by atoms with van der Waals surface area (Å²) in [4.78, 5) is 13.0. The van der Waals surface area contributed by atoms with Crippen molar-refractivity contribution in [1.82, 2.24) is 0 Å². The Kier molecular flexibility index (Phi) is 3.12. The molecule has 1 saturated heterocycles. The lowest BCUT2D eigenvalue weighted by Crippen LogP contribution is -2.23. The van der Waals surface area contributed by atoms with Crippen LogP contribution in [0.4, 0.5) is 0 Å². The lowest BCUT2D eigenvalue weighted by atomic mass is 9.77. The molecule has 1 heterocycles. The van der Waals surface area contributed by atoms with Gasteiger partial charge in [0.1, 0.15) is 0 Å². The zero-order valence-corrected chi connectivity index (χ0v) is 11.9. The summed E-state index contributed by atoms with van der Waals surface area (Å²) in [6.07, 6.45) is 4.29. The van der Waals surface area contributed by atoms with Crippen LogP contribution < -0.4 is 0 Å². The third-order valence-electron chi connectivity index (χ3n) is 4.80. The highest BCUT2D eigenvalue weighted by Crippen LogP contribution is 2.37. The largest absolute Gasteiger partial charge is 0.380 e. The highest BCUT2D eigenvalue weighted by molar-refractivity contribution is 6.16. The van der Waals surface area contributed by atoms with Crippen molar-refractivity contribution < 1.29 is 9.53 Å². The molecular formula is C19H18O2. The van der Waals surface area contributed by atoms with Crippen molar-refractivity contribution in [1.29, 1.82) is 0 Å². The Bertz CT molecular complexity index is 724. The molecule has 2 nitrogen and oxygen atoms in total. The van der Waals surface area contributed by atoms with E-state index in [-0.39, 0.29) is 5.78 Å². The predicted octanol–water partition coefficient (Wildman–Crippen LogP) is 4.01. The van der Waals surface area contributed by atoms with E-state index >= 15 is 0 Å². The summed E-state index contributed by atoms with van der Waals surface area (Å²) >= 11 is 0. The van der Waals surface area contributed by atoms with Gasteiger partial charge in [-0.2, -0.15) is 0 Å². The van der Waals surface area contributed by atoms with Gasteiger partial charge < -0.3 is 4.74 Å². The third-order valence-corrected chi connectivity index (χ3v) is 4.80. The SMILES string of the molecule is O=C(C1=CCC[C@@H]2COC[C@H]12)c1cccc2ccccc12. The Morgan fingerprint density at radius 2 is 1.90 bits per heavy atom. The molecule has 0 amide bonds. The van der Waals surface area contributed by atoms with Crippen molar-refractivity contribution in [2.24, 2.45) is 11.8 Å². The first-order chi connectivity index (χ1) is 10.3. The van der Waals surface area contributed by atoms with Crippen LogP contribution in [0.3, 0.4) is 0 Å².